The molecule has 0 aliphatic heterocycles. The number of benzene rings is 1. The van der Waals surface area contributed by atoms with Crippen LogP contribution in [-0.4, -0.2) is 38.1 Å². The van der Waals surface area contributed by atoms with Crippen LogP contribution in [0.5, 0.6) is 0 Å². The summed E-state index contributed by atoms with van der Waals surface area (Å²) in [6, 6.07) is 3.51. The molecule has 0 radical (unpaired) electrons. The molecule has 0 fully saturated rings. The SMILES string of the molecule is CCN(c1cc(F)c(I)cc1N)C(C)CN(C)C. The molecule has 1 unspecified atom stereocenters. The Bertz CT molecular complexity index is 409. The lowest BCUT2D eigenvalue weighted by Crippen LogP contribution is -2.40. The maximum absolute atomic E-state index is 13.7. The van der Waals surface area contributed by atoms with Crippen LogP contribution >= 0.6 is 22.6 Å². The molecule has 0 aliphatic rings. The molecule has 2 N–H and O–H groups in total. The summed E-state index contributed by atoms with van der Waals surface area (Å²) in [4.78, 5) is 4.25. The summed E-state index contributed by atoms with van der Waals surface area (Å²) < 4.78 is 14.2. The van der Waals surface area contributed by atoms with Crippen molar-refractivity contribution >= 4 is 34.0 Å². The number of rotatable bonds is 5. The summed E-state index contributed by atoms with van der Waals surface area (Å²) in [6.07, 6.45) is 0. The Morgan fingerprint density at radius 1 is 1.39 bits per heavy atom. The lowest BCUT2D eigenvalue weighted by molar-refractivity contribution is 0.373. The van der Waals surface area contributed by atoms with E-state index in [1.807, 2.05) is 36.7 Å². The average Bonchev–Trinajstić information content (AvgIpc) is 2.25. The fourth-order valence-corrected chi connectivity index (χ4v) is 2.64. The molecule has 0 saturated carbocycles. The fourth-order valence-electron chi connectivity index (χ4n) is 2.15. The molecule has 1 aromatic rings. The summed E-state index contributed by atoms with van der Waals surface area (Å²) in [6.45, 7) is 5.89. The molecule has 102 valence electrons. The number of anilines is 2. The van der Waals surface area contributed by atoms with Gasteiger partial charge < -0.3 is 15.5 Å². The molecular weight excluding hydrogens is 344 g/mol. The Balaban J connectivity index is 3.05. The van der Waals surface area contributed by atoms with E-state index >= 15 is 0 Å². The van der Waals surface area contributed by atoms with Gasteiger partial charge in [-0.25, -0.2) is 4.39 Å². The first-order valence-corrected chi connectivity index (χ1v) is 7.10. The minimum atomic E-state index is -0.213. The van der Waals surface area contributed by atoms with Gasteiger partial charge in [0.2, 0.25) is 0 Å². The van der Waals surface area contributed by atoms with Crippen LogP contribution in [0.4, 0.5) is 15.8 Å². The van der Waals surface area contributed by atoms with Crippen molar-refractivity contribution in [3.8, 4) is 0 Å². The highest BCUT2D eigenvalue weighted by molar-refractivity contribution is 14.1. The Morgan fingerprint density at radius 2 is 2.00 bits per heavy atom. The first kappa shape index (κ1) is 15.5. The third-order valence-electron chi connectivity index (χ3n) is 2.88. The molecule has 0 heterocycles. The quantitative estimate of drug-likeness (QED) is 0.644. The number of nitrogen functional groups attached to an aromatic ring is 1. The first-order valence-electron chi connectivity index (χ1n) is 6.02. The number of hydrogen-bond acceptors (Lipinski definition) is 3. The van der Waals surface area contributed by atoms with Crippen LogP contribution in [0.15, 0.2) is 12.1 Å². The molecule has 5 heteroatoms. The molecule has 1 atom stereocenters. The third kappa shape index (κ3) is 3.71. The van der Waals surface area contributed by atoms with Gasteiger partial charge in [0.05, 0.1) is 14.9 Å². The fraction of sp³-hybridized carbons (Fsp3) is 0.538. The van der Waals surface area contributed by atoms with Gasteiger partial charge in [-0.15, -0.1) is 0 Å². The van der Waals surface area contributed by atoms with Crippen molar-refractivity contribution < 1.29 is 4.39 Å². The van der Waals surface area contributed by atoms with Crippen LogP contribution in [0.1, 0.15) is 13.8 Å². The first-order chi connectivity index (χ1) is 8.36. The molecule has 0 aliphatic carbocycles. The number of nitrogens with two attached hydrogens (primary N) is 1. The largest absolute Gasteiger partial charge is 0.397 e. The van der Waals surface area contributed by atoms with E-state index in [0.717, 1.165) is 18.8 Å². The van der Waals surface area contributed by atoms with Crippen molar-refractivity contribution in [1.29, 1.82) is 0 Å². The van der Waals surface area contributed by atoms with Crippen LogP contribution in [0, 0.1) is 9.39 Å². The highest BCUT2D eigenvalue weighted by Crippen LogP contribution is 2.28. The minimum absolute atomic E-state index is 0.213. The zero-order valence-corrected chi connectivity index (χ0v) is 13.5. The number of hydrogen-bond donors (Lipinski definition) is 1. The molecule has 0 spiro atoms. The monoisotopic (exact) mass is 365 g/mol. The van der Waals surface area contributed by atoms with Crippen molar-refractivity contribution in [2.75, 3.05) is 37.8 Å². The molecule has 0 bridgehead atoms. The van der Waals surface area contributed by atoms with Gasteiger partial charge in [-0.3, -0.25) is 0 Å². The second kappa shape index (κ2) is 6.56. The predicted molar refractivity (Wildman–Crippen MR) is 84.6 cm³/mol. The Morgan fingerprint density at radius 3 is 2.50 bits per heavy atom. The lowest BCUT2D eigenvalue weighted by Gasteiger charge is -2.33. The van der Waals surface area contributed by atoms with Gasteiger partial charge in [0, 0.05) is 25.2 Å². The zero-order chi connectivity index (χ0) is 13.9. The van der Waals surface area contributed by atoms with Crippen molar-refractivity contribution in [1.82, 2.24) is 4.90 Å². The second-order valence-electron chi connectivity index (χ2n) is 4.72. The number of nitrogens with zero attached hydrogens (tertiary/aromatic N) is 2. The van der Waals surface area contributed by atoms with Gasteiger partial charge in [-0.2, -0.15) is 0 Å². The summed E-state index contributed by atoms with van der Waals surface area (Å²) in [5.41, 5.74) is 7.42. The van der Waals surface area contributed by atoms with Gasteiger partial charge in [-0.1, -0.05) is 0 Å². The normalized spacial score (nSPS) is 12.8. The molecule has 18 heavy (non-hydrogen) atoms. The van der Waals surface area contributed by atoms with E-state index in [1.165, 1.54) is 6.07 Å². The van der Waals surface area contributed by atoms with Gasteiger partial charge in [0.1, 0.15) is 5.82 Å². The highest BCUT2D eigenvalue weighted by Gasteiger charge is 2.17. The molecule has 0 saturated heterocycles. The van der Waals surface area contributed by atoms with Crippen LogP contribution in [0.3, 0.4) is 0 Å². The van der Waals surface area contributed by atoms with E-state index in [-0.39, 0.29) is 11.9 Å². The maximum Gasteiger partial charge on any atom is 0.138 e. The Labute approximate surface area is 122 Å². The molecule has 3 nitrogen and oxygen atoms in total. The zero-order valence-electron chi connectivity index (χ0n) is 11.4. The second-order valence-corrected chi connectivity index (χ2v) is 5.88. The Hall–Kier alpha value is -0.560. The van der Waals surface area contributed by atoms with Crippen LogP contribution in [0.2, 0.25) is 0 Å². The van der Waals surface area contributed by atoms with Crippen molar-refractivity contribution in [2.45, 2.75) is 19.9 Å². The van der Waals surface area contributed by atoms with E-state index < -0.39 is 0 Å². The van der Waals surface area contributed by atoms with Gasteiger partial charge >= 0.3 is 0 Å². The third-order valence-corrected chi connectivity index (χ3v) is 3.71. The maximum atomic E-state index is 13.7. The lowest BCUT2D eigenvalue weighted by atomic mass is 10.2. The van der Waals surface area contributed by atoms with E-state index in [1.54, 1.807) is 6.07 Å². The minimum Gasteiger partial charge on any atom is -0.397 e. The smallest absolute Gasteiger partial charge is 0.138 e. The standard InChI is InChI=1S/C13H21FIN3/c1-5-18(9(2)8-17(3)4)13-6-10(14)11(15)7-12(13)16/h6-7,9H,5,8,16H2,1-4H3. The highest BCUT2D eigenvalue weighted by atomic mass is 127. The average molecular weight is 365 g/mol. The topological polar surface area (TPSA) is 32.5 Å². The van der Waals surface area contributed by atoms with E-state index in [4.69, 9.17) is 5.73 Å². The van der Waals surface area contributed by atoms with E-state index in [2.05, 4.69) is 23.6 Å². The molecular formula is C13H21FIN3. The van der Waals surface area contributed by atoms with Crippen molar-refractivity contribution in [3.63, 3.8) is 0 Å². The molecule has 1 rings (SSSR count). The molecule has 1 aromatic carbocycles. The van der Waals surface area contributed by atoms with Gasteiger partial charge in [0.25, 0.3) is 0 Å². The molecule has 0 aromatic heterocycles. The summed E-state index contributed by atoms with van der Waals surface area (Å²) in [5, 5.41) is 0. The Kier molecular flexibility index (Phi) is 5.65. The predicted octanol–water partition coefficient (Wildman–Crippen LogP) is 2.79. The van der Waals surface area contributed by atoms with E-state index in [0.29, 0.717) is 9.26 Å². The summed E-state index contributed by atoms with van der Waals surface area (Å²) in [5.74, 6) is -0.213. The van der Waals surface area contributed by atoms with Gasteiger partial charge in [-0.05, 0) is 56.6 Å². The molecule has 0 amide bonds. The summed E-state index contributed by atoms with van der Waals surface area (Å²) >= 11 is 1.96. The summed E-state index contributed by atoms with van der Waals surface area (Å²) in [7, 11) is 4.06. The number of halogens is 2. The van der Waals surface area contributed by atoms with Crippen LogP contribution in [-0.2, 0) is 0 Å². The van der Waals surface area contributed by atoms with Crippen LogP contribution < -0.4 is 10.6 Å². The van der Waals surface area contributed by atoms with Crippen LogP contribution in [0.25, 0.3) is 0 Å². The number of likely N-dealkylation sites (N-methyl/N-ethyl adjacent to an activating group) is 2. The van der Waals surface area contributed by atoms with E-state index in [9.17, 15) is 4.39 Å². The van der Waals surface area contributed by atoms with Crippen molar-refractivity contribution in [3.05, 3.63) is 21.5 Å². The van der Waals surface area contributed by atoms with Gasteiger partial charge in [0.15, 0.2) is 0 Å². The van der Waals surface area contributed by atoms with Crippen molar-refractivity contribution in [2.24, 2.45) is 0 Å².